The van der Waals surface area contributed by atoms with Gasteiger partial charge >= 0.3 is 6.18 Å². The maximum Gasteiger partial charge on any atom is 0.418 e. The van der Waals surface area contributed by atoms with Crippen LogP contribution in [0.25, 0.3) is 0 Å². The molecule has 9 heteroatoms. The Morgan fingerprint density at radius 1 is 1.48 bits per heavy atom. The number of alkyl halides is 3. The molecule has 0 atom stereocenters. The third kappa shape index (κ3) is 3.98. The van der Waals surface area contributed by atoms with Crippen molar-refractivity contribution >= 4 is 23.0 Å². The van der Waals surface area contributed by atoms with Gasteiger partial charge in [0.2, 0.25) is 0 Å². The van der Waals surface area contributed by atoms with Gasteiger partial charge in [-0.05, 0) is 13.0 Å². The van der Waals surface area contributed by atoms with Crippen molar-refractivity contribution in [1.29, 1.82) is 5.26 Å². The Morgan fingerprint density at radius 3 is 2.52 bits per heavy atom. The van der Waals surface area contributed by atoms with Crippen molar-refractivity contribution in [3.05, 3.63) is 32.8 Å². The van der Waals surface area contributed by atoms with Gasteiger partial charge < -0.3 is 4.90 Å². The number of nitro groups is 1. The second-order valence-electron chi connectivity index (χ2n) is 4.06. The second kappa shape index (κ2) is 6.63. The quantitative estimate of drug-likeness (QED) is 0.607. The summed E-state index contributed by atoms with van der Waals surface area (Å²) in [6, 6.07) is 3.22. The Morgan fingerprint density at radius 2 is 2.10 bits per heavy atom. The summed E-state index contributed by atoms with van der Waals surface area (Å²) < 4.78 is 38.2. The normalized spacial score (nSPS) is 11.0. The van der Waals surface area contributed by atoms with Crippen LogP contribution in [0.1, 0.15) is 18.9 Å². The minimum absolute atomic E-state index is 0.0317. The lowest BCUT2D eigenvalue weighted by atomic mass is 10.1. The molecule has 5 nitrogen and oxygen atoms in total. The van der Waals surface area contributed by atoms with E-state index < -0.39 is 27.4 Å². The summed E-state index contributed by atoms with van der Waals surface area (Å²) in [4.78, 5) is 11.6. The van der Waals surface area contributed by atoms with Crippen LogP contribution in [0.2, 0.25) is 5.02 Å². The maximum absolute atomic E-state index is 12.7. The zero-order valence-corrected chi connectivity index (χ0v) is 11.7. The highest BCUT2D eigenvalue weighted by Crippen LogP contribution is 2.41. The molecule has 0 aliphatic carbocycles. The zero-order chi connectivity index (χ0) is 16.2. The molecule has 0 amide bonds. The first-order valence-corrected chi connectivity index (χ1v) is 6.27. The van der Waals surface area contributed by atoms with E-state index in [-0.39, 0.29) is 18.7 Å². The van der Waals surface area contributed by atoms with Gasteiger partial charge in [0.1, 0.15) is 5.69 Å². The van der Waals surface area contributed by atoms with Crippen LogP contribution in [0.3, 0.4) is 0 Å². The SMILES string of the molecule is CCN(CCC#N)c1cc(Cl)c(C(F)(F)F)cc1[N+](=O)[O-]. The number of nitriles is 1. The molecule has 0 aromatic heterocycles. The molecule has 0 saturated heterocycles. The first-order valence-electron chi connectivity index (χ1n) is 5.89. The number of benzene rings is 1. The van der Waals surface area contributed by atoms with E-state index in [1.807, 2.05) is 6.07 Å². The number of hydrogen-bond donors (Lipinski definition) is 0. The largest absolute Gasteiger partial charge is 0.418 e. The van der Waals surface area contributed by atoms with Crippen molar-refractivity contribution in [2.45, 2.75) is 19.5 Å². The van der Waals surface area contributed by atoms with E-state index in [1.165, 1.54) is 4.90 Å². The molecule has 114 valence electrons. The number of rotatable bonds is 5. The molecule has 0 spiro atoms. The highest BCUT2D eigenvalue weighted by atomic mass is 35.5. The van der Waals surface area contributed by atoms with Crippen molar-refractivity contribution in [2.75, 3.05) is 18.0 Å². The standard InChI is InChI=1S/C12H11ClF3N3O2/c1-2-18(5-3-4-17)10-7-9(13)8(12(14,15)16)6-11(10)19(20)21/h6-7H,2-3,5H2,1H3. The number of nitro benzene ring substituents is 1. The Kier molecular flexibility index (Phi) is 5.38. The molecule has 0 fully saturated rings. The van der Waals surface area contributed by atoms with Gasteiger partial charge in [-0.3, -0.25) is 10.1 Å². The van der Waals surface area contributed by atoms with E-state index in [1.54, 1.807) is 6.92 Å². The number of nitrogens with zero attached hydrogens (tertiary/aromatic N) is 3. The molecule has 1 aromatic carbocycles. The molecule has 0 unspecified atom stereocenters. The van der Waals surface area contributed by atoms with Gasteiger partial charge in [-0.2, -0.15) is 18.4 Å². The van der Waals surface area contributed by atoms with Crippen LogP contribution in [-0.2, 0) is 6.18 Å². The Bertz CT molecular complexity index is 584. The van der Waals surface area contributed by atoms with E-state index in [9.17, 15) is 23.3 Å². The Balaban J connectivity index is 3.42. The lowest BCUT2D eigenvalue weighted by molar-refractivity contribution is -0.384. The van der Waals surface area contributed by atoms with Crippen LogP contribution in [0.4, 0.5) is 24.5 Å². The smallest absolute Gasteiger partial charge is 0.365 e. The molecule has 0 bridgehead atoms. The van der Waals surface area contributed by atoms with Crippen LogP contribution in [0.5, 0.6) is 0 Å². The molecule has 0 aliphatic heterocycles. The third-order valence-electron chi connectivity index (χ3n) is 2.78. The van der Waals surface area contributed by atoms with Gasteiger partial charge in [-0.1, -0.05) is 11.6 Å². The van der Waals surface area contributed by atoms with Crippen molar-refractivity contribution in [2.24, 2.45) is 0 Å². The number of halogens is 4. The van der Waals surface area contributed by atoms with Crippen LogP contribution >= 0.6 is 11.6 Å². The number of hydrogen-bond acceptors (Lipinski definition) is 4. The van der Waals surface area contributed by atoms with Gasteiger partial charge in [0, 0.05) is 19.2 Å². The molecule has 0 heterocycles. The van der Waals surface area contributed by atoms with Crippen LogP contribution in [0.15, 0.2) is 12.1 Å². The van der Waals surface area contributed by atoms with Crippen LogP contribution in [-0.4, -0.2) is 18.0 Å². The van der Waals surface area contributed by atoms with Gasteiger partial charge in [-0.25, -0.2) is 0 Å². The van der Waals surface area contributed by atoms with Gasteiger partial charge in [0.25, 0.3) is 5.69 Å². The summed E-state index contributed by atoms with van der Waals surface area (Å²) in [7, 11) is 0. The summed E-state index contributed by atoms with van der Waals surface area (Å²) in [5, 5.41) is 19.0. The van der Waals surface area contributed by atoms with Gasteiger partial charge in [-0.15, -0.1) is 0 Å². The fraction of sp³-hybridized carbons (Fsp3) is 0.417. The summed E-state index contributed by atoms with van der Waals surface area (Å²) in [5.74, 6) is 0. The lowest BCUT2D eigenvalue weighted by Crippen LogP contribution is -2.25. The summed E-state index contributed by atoms with van der Waals surface area (Å²) in [5.41, 5.74) is -1.97. The molecular weight excluding hydrogens is 311 g/mol. The highest BCUT2D eigenvalue weighted by molar-refractivity contribution is 6.31. The topological polar surface area (TPSA) is 70.2 Å². The highest BCUT2D eigenvalue weighted by Gasteiger charge is 2.36. The minimum atomic E-state index is -4.77. The summed E-state index contributed by atoms with van der Waals surface area (Å²) in [6.07, 6.45) is -4.69. The van der Waals surface area contributed by atoms with E-state index in [2.05, 4.69) is 0 Å². The second-order valence-corrected chi connectivity index (χ2v) is 4.47. The van der Waals surface area contributed by atoms with Gasteiger partial charge in [0.15, 0.2) is 0 Å². The van der Waals surface area contributed by atoms with E-state index >= 15 is 0 Å². The van der Waals surface area contributed by atoms with E-state index in [0.29, 0.717) is 12.6 Å². The molecule has 0 N–H and O–H groups in total. The first-order chi connectivity index (χ1) is 9.72. The predicted octanol–water partition coefficient (Wildman–Crippen LogP) is 4.01. The molecule has 1 rings (SSSR count). The Hall–Kier alpha value is -2.01. The van der Waals surface area contributed by atoms with Crippen molar-refractivity contribution in [3.63, 3.8) is 0 Å². The monoisotopic (exact) mass is 321 g/mol. The lowest BCUT2D eigenvalue weighted by Gasteiger charge is -2.22. The molecular formula is C12H11ClF3N3O2. The summed E-state index contributed by atoms with van der Waals surface area (Å²) >= 11 is 5.59. The van der Waals surface area contributed by atoms with Crippen molar-refractivity contribution in [3.8, 4) is 6.07 Å². The molecule has 0 aliphatic rings. The molecule has 21 heavy (non-hydrogen) atoms. The third-order valence-corrected chi connectivity index (χ3v) is 3.09. The predicted molar refractivity (Wildman–Crippen MR) is 71.2 cm³/mol. The van der Waals surface area contributed by atoms with E-state index in [4.69, 9.17) is 16.9 Å². The number of anilines is 1. The minimum Gasteiger partial charge on any atom is -0.365 e. The van der Waals surface area contributed by atoms with Crippen molar-refractivity contribution in [1.82, 2.24) is 0 Å². The molecule has 1 aromatic rings. The average molecular weight is 322 g/mol. The maximum atomic E-state index is 12.7. The molecule has 0 radical (unpaired) electrons. The summed E-state index contributed by atoms with van der Waals surface area (Å²) in [6.45, 7) is 2.13. The van der Waals surface area contributed by atoms with Crippen LogP contribution < -0.4 is 4.90 Å². The Labute approximate surface area is 123 Å². The van der Waals surface area contributed by atoms with Crippen LogP contribution in [0, 0.1) is 21.4 Å². The zero-order valence-electron chi connectivity index (χ0n) is 10.9. The van der Waals surface area contributed by atoms with Crippen molar-refractivity contribution < 1.29 is 18.1 Å². The van der Waals surface area contributed by atoms with E-state index in [0.717, 1.165) is 6.07 Å². The van der Waals surface area contributed by atoms with Gasteiger partial charge in [0.05, 0.1) is 28.0 Å². The molecule has 0 saturated carbocycles. The average Bonchev–Trinajstić information content (AvgIpc) is 2.37. The fourth-order valence-electron chi connectivity index (χ4n) is 1.80. The fourth-order valence-corrected chi connectivity index (χ4v) is 2.07. The first kappa shape index (κ1) is 17.0.